The Balaban J connectivity index is -0.000000000884. The van der Waals surface area contributed by atoms with Gasteiger partial charge in [-0.2, -0.15) is 0 Å². The number of aliphatic hydroxyl groups is 1. The maximum atomic E-state index is 8.00. The number of aliphatic hydroxyl groups excluding tert-OH is 1. The van der Waals surface area contributed by atoms with E-state index in [1.165, 1.54) is 0 Å². The van der Waals surface area contributed by atoms with Crippen molar-refractivity contribution >= 4 is 65.3 Å². The van der Waals surface area contributed by atoms with Crippen LogP contribution in [0.2, 0.25) is 0 Å². The normalized spacial score (nSPS) is 1.57. The van der Waals surface area contributed by atoms with Crippen LogP contribution in [0.3, 0.4) is 0 Å². The van der Waals surface area contributed by atoms with E-state index < -0.39 is 0 Å². The summed E-state index contributed by atoms with van der Waals surface area (Å²) in [6.07, 6.45) is 0. The van der Waals surface area contributed by atoms with E-state index in [1.807, 2.05) is 6.79 Å². The molecule has 0 aliphatic heterocycles. The molecule has 0 heterocycles. The molecule has 0 fully saturated rings. The van der Waals surface area contributed by atoms with Crippen molar-refractivity contribution in [1.29, 1.82) is 0 Å². The Morgan fingerprint density at radius 3 is 1.07 bits per heavy atom. The van der Waals surface area contributed by atoms with Crippen LogP contribution in [0.25, 0.3) is 0 Å². The van der Waals surface area contributed by atoms with E-state index in [9.17, 15) is 0 Å². The average Bonchev–Trinajstić information content (AvgIpc) is 1.46. The number of carbonyl (C=O) groups excluding carboxylic acids is 1. The molecule has 0 spiro atoms. The molecule has 0 aromatic heterocycles. The number of carbonyl (C=O) groups is 1. The first-order chi connectivity index (χ1) is 2.41. The van der Waals surface area contributed by atoms with E-state index in [0.717, 1.165) is 0 Å². The van der Waals surface area contributed by atoms with E-state index >= 15 is 0 Å². The quantitative estimate of drug-likeness (QED) is 0.322. The number of hydrogen-bond donors (Lipinski definition) is 1. The first-order valence-corrected chi connectivity index (χ1v) is 1.31. The van der Waals surface area contributed by atoms with Crippen LogP contribution in [0.5, 0.6) is 0 Å². The fourth-order valence-corrected chi connectivity index (χ4v) is 0. The molecule has 0 bridgehead atoms. The Morgan fingerprint density at radius 1 is 1.07 bits per heavy atom. The summed E-state index contributed by atoms with van der Waals surface area (Å²) in [5.41, 5.74) is 0. The van der Waals surface area contributed by atoms with Gasteiger partial charge in [0.2, 0.25) is 0 Å². The summed E-state index contributed by atoms with van der Waals surface area (Å²) in [6.45, 7) is 3.93. The van der Waals surface area contributed by atoms with E-state index in [1.54, 1.807) is 6.92 Å². The zero-order valence-electron chi connectivity index (χ0n) is 7.23. The number of rotatable bonds is 0. The van der Waals surface area contributed by atoms with Crippen LogP contribution >= 0.6 is 12.4 Å². The molecule has 0 aromatic rings. The van der Waals surface area contributed by atoms with Crippen LogP contribution < -0.4 is 46.4 Å². The van der Waals surface area contributed by atoms with Gasteiger partial charge in [0.15, 0.2) is 0 Å². The van der Waals surface area contributed by atoms with Gasteiger partial charge in [0.1, 0.15) is 6.79 Å². The molecule has 14 heavy (non-hydrogen) atoms. The third-order valence-electron chi connectivity index (χ3n) is 0. The molecule has 0 radical (unpaired) electrons. The summed E-state index contributed by atoms with van der Waals surface area (Å²) in [4.78, 5) is 8.00. The second-order valence-corrected chi connectivity index (χ2v) is 0.316. The van der Waals surface area contributed by atoms with Gasteiger partial charge in [0.05, 0.1) is 0 Å². The van der Waals surface area contributed by atoms with Gasteiger partial charge in [-0.3, -0.25) is 0 Å². The minimum absolute atomic E-state index is 0. The minimum Gasteiger partial charge on any atom is -1.00 e. The van der Waals surface area contributed by atoms with Crippen LogP contribution in [0.15, 0.2) is 0 Å². The Kier molecular flexibility index (Phi) is 2240. The SMILES string of the molecule is C.C.C=O.CCO.Cl.[Br-].[Br-].[CH3-].[Cl-].[Mg+2].[Mg+2]. The molecular formula is C6H20Br2Cl2Mg2O2. The fraction of sp³-hybridized carbons (Fsp3) is 0.667. The molecule has 0 rings (SSSR count). The van der Waals surface area contributed by atoms with Crippen LogP contribution in [0.4, 0.5) is 0 Å². The van der Waals surface area contributed by atoms with Crippen molar-refractivity contribution in [1.82, 2.24) is 0 Å². The molecule has 8 heteroatoms. The molecule has 0 aliphatic rings. The third-order valence-corrected chi connectivity index (χ3v) is 0. The molecular weight excluding hydrogens is 383 g/mol. The smallest absolute Gasteiger partial charge is 1.00 e. The summed E-state index contributed by atoms with van der Waals surface area (Å²) in [5.74, 6) is 0. The molecule has 0 unspecified atom stereocenters. The first-order valence-electron chi connectivity index (χ1n) is 1.31. The Hall–Kier alpha value is 2.70. The zero-order valence-corrected chi connectivity index (χ0v) is 14.8. The summed E-state index contributed by atoms with van der Waals surface area (Å²) in [6, 6.07) is 0. The van der Waals surface area contributed by atoms with Crippen molar-refractivity contribution in [2.45, 2.75) is 21.8 Å². The van der Waals surface area contributed by atoms with Gasteiger partial charge in [0.25, 0.3) is 0 Å². The van der Waals surface area contributed by atoms with Gasteiger partial charge in [-0.05, 0) is 6.92 Å². The Morgan fingerprint density at radius 2 is 1.07 bits per heavy atom. The number of halogens is 4. The molecule has 0 saturated carbocycles. The standard InChI is InChI=1S/C2H6O.CH2O.2CH4.CH3.2BrH.2ClH.2Mg/c1-2-3;1-2;;;;;;;;;/h3H,2H2,1H3;1H2;2*1H4;1H3;4*1H;;/q;;;;-1;;;;;2*+2/p-3. The van der Waals surface area contributed by atoms with Crippen molar-refractivity contribution in [2.75, 3.05) is 6.61 Å². The van der Waals surface area contributed by atoms with Crippen LogP contribution in [0, 0.1) is 7.43 Å². The van der Waals surface area contributed by atoms with E-state index in [2.05, 4.69) is 0 Å². The van der Waals surface area contributed by atoms with Crippen molar-refractivity contribution in [3.8, 4) is 0 Å². The molecule has 88 valence electrons. The van der Waals surface area contributed by atoms with Gasteiger partial charge in [-0.15, -0.1) is 12.4 Å². The Labute approximate surface area is 155 Å². The number of hydrogen-bond acceptors (Lipinski definition) is 2. The molecule has 0 saturated heterocycles. The van der Waals surface area contributed by atoms with Gasteiger partial charge in [-0.1, -0.05) is 14.9 Å². The molecule has 2 nitrogen and oxygen atoms in total. The van der Waals surface area contributed by atoms with E-state index in [0.29, 0.717) is 0 Å². The maximum absolute atomic E-state index is 8.00. The maximum Gasteiger partial charge on any atom is 2.00 e. The zero-order chi connectivity index (χ0) is 4.71. The van der Waals surface area contributed by atoms with E-state index in [-0.39, 0.29) is 134 Å². The monoisotopic (exact) mass is 400 g/mol. The van der Waals surface area contributed by atoms with Crippen LogP contribution in [0.1, 0.15) is 21.8 Å². The van der Waals surface area contributed by atoms with Crippen LogP contribution in [-0.4, -0.2) is 64.6 Å². The molecule has 0 atom stereocenters. The molecule has 0 aromatic carbocycles. The Bertz CT molecular complexity index is 33.8. The second kappa shape index (κ2) is 248. The van der Waals surface area contributed by atoms with Gasteiger partial charge < -0.3 is 63.7 Å². The van der Waals surface area contributed by atoms with Gasteiger partial charge >= 0.3 is 46.1 Å². The van der Waals surface area contributed by atoms with Gasteiger partial charge in [0, 0.05) is 6.61 Å². The van der Waals surface area contributed by atoms with Crippen molar-refractivity contribution in [3.05, 3.63) is 7.43 Å². The predicted octanol–water partition coefficient (Wildman–Crippen LogP) is -7.79. The fourth-order valence-electron chi connectivity index (χ4n) is 0. The molecule has 0 amide bonds. The van der Waals surface area contributed by atoms with E-state index in [4.69, 9.17) is 9.90 Å². The molecule has 1 N–H and O–H groups in total. The van der Waals surface area contributed by atoms with Gasteiger partial charge in [-0.25, -0.2) is 0 Å². The topological polar surface area (TPSA) is 37.3 Å². The minimum atomic E-state index is 0. The summed E-state index contributed by atoms with van der Waals surface area (Å²) >= 11 is 0. The van der Waals surface area contributed by atoms with Crippen molar-refractivity contribution < 1.29 is 56.3 Å². The average molecular weight is 404 g/mol. The summed E-state index contributed by atoms with van der Waals surface area (Å²) in [5, 5.41) is 7.57. The van der Waals surface area contributed by atoms with Crippen molar-refractivity contribution in [2.24, 2.45) is 0 Å². The predicted molar refractivity (Wildman–Crippen MR) is 58.5 cm³/mol. The van der Waals surface area contributed by atoms with Crippen LogP contribution in [-0.2, 0) is 4.79 Å². The second-order valence-electron chi connectivity index (χ2n) is 0.316. The largest absolute Gasteiger partial charge is 2.00 e. The summed E-state index contributed by atoms with van der Waals surface area (Å²) < 4.78 is 0. The van der Waals surface area contributed by atoms with Crippen molar-refractivity contribution in [3.63, 3.8) is 0 Å². The molecule has 0 aliphatic carbocycles. The summed E-state index contributed by atoms with van der Waals surface area (Å²) in [7, 11) is 0. The third kappa shape index (κ3) is 378. The first kappa shape index (κ1) is 127.